The zero-order valence-electron chi connectivity index (χ0n) is 44.9. The zero-order chi connectivity index (χ0) is 55.7. The molecule has 6 rings (SSSR count). The van der Waals surface area contributed by atoms with Crippen LogP contribution in [0.3, 0.4) is 0 Å². The number of phosphoric ester groups is 1. The molecule has 0 saturated heterocycles. The number of nitrogens with zero attached hydrogens (tertiary/aromatic N) is 5. The van der Waals surface area contributed by atoms with E-state index < -0.39 is 24.8 Å². The number of non-ortho nitro benzene ring substituents is 1. The molecule has 3 aromatic carbocycles. The van der Waals surface area contributed by atoms with E-state index in [1.54, 1.807) is 24.3 Å². The van der Waals surface area contributed by atoms with Crippen molar-refractivity contribution in [1.82, 2.24) is 15.3 Å². The van der Waals surface area contributed by atoms with Gasteiger partial charge in [0, 0.05) is 92.7 Å². The van der Waals surface area contributed by atoms with E-state index in [-0.39, 0.29) is 77.8 Å². The van der Waals surface area contributed by atoms with Gasteiger partial charge in [0.1, 0.15) is 23.1 Å². The highest BCUT2D eigenvalue weighted by Crippen LogP contribution is 2.50. The Labute approximate surface area is 461 Å². The van der Waals surface area contributed by atoms with Gasteiger partial charge in [-0.15, -0.1) is 0 Å². The van der Waals surface area contributed by atoms with Gasteiger partial charge in [0.2, 0.25) is 5.52 Å². The Morgan fingerprint density at radius 1 is 0.756 bits per heavy atom. The molecule has 1 aliphatic heterocycles. The Morgan fingerprint density at radius 3 is 2.10 bits per heavy atom. The number of anilines is 2. The maximum atomic E-state index is 13.7. The molecule has 0 spiro atoms. The number of nitro benzene ring substituents is 1. The van der Waals surface area contributed by atoms with Crippen LogP contribution in [0.4, 0.5) is 17.1 Å². The Bertz CT molecular complexity index is 2950. The zero-order valence-corrected chi connectivity index (χ0v) is 47.4. The summed E-state index contributed by atoms with van der Waals surface area (Å²) in [4.78, 5) is 67.2. The summed E-state index contributed by atoms with van der Waals surface area (Å²) in [6.07, 6.45) is 10.4. The summed E-state index contributed by atoms with van der Waals surface area (Å²) >= 11 is 1.99. The van der Waals surface area contributed by atoms with Crippen LogP contribution in [0.5, 0.6) is 5.75 Å². The fourth-order valence-electron chi connectivity index (χ4n) is 8.52. The molecule has 1 atom stereocenters. The number of unbranched alkanes of at least 4 members (excludes halogenated alkanes) is 10. The summed E-state index contributed by atoms with van der Waals surface area (Å²) in [5.41, 5.74) is 3.61. The van der Waals surface area contributed by atoms with Crippen LogP contribution in [-0.4, -0.2) is 113 Å². The van der Waals surface area contributed by atoms with E-state index in [1.807, 2.05) is 18.2 Å². The Balaban J connectivity index is 0.927. The molecule has 21 nitrogen and oxygen atoms in total. The van der Waals surface area contributed by atoms with Crippen LogP contribution in [0.15, 0.2) is 68.4 Å². The van der Waals surface area contributed by atoms with Crippen LogP contribution in [0, 0.1) is 10.1 Å². The lowest BCUT2D eigenvalue weighted by molar-refractivity contribution is -0.383. The molecule has 4 aromatic rings. The summed E-state index contributed by atoms with van der Waals surface area (Å²) in [6, 6.07) is 15.6. The van der Waals surface area contributed by atoms with Gasteiger partial charge in [0.15, 0.2) is 32.5 Å². The smallest absolute Gasteiger partial charge is 0.474 e. The molecule has 0 bridgehead atoms. The average molecular weight is 1140 g/mol. The Morgan fingerprint density at radius 2 is 1.42 bits per heavy atom. The van der Waals surface area contributed by atoms with Crippen LogP contribution in [-0.2, 0) is 42.0 Å². The van der Waals surface area contributed by atoms with Crippen LogP contribution in [0.1, 0.15) is 111 Å². The molecule has 0 fully saturated rings. The number of nitro groups is 1. The minimum Gasteiger partial charge on any atom is -0.494 e. The van der Waals surface area contributed by atoms with Gasteiger partial charge in [0.05, 0.1) is 43.6 Å². The van der Waals surface area contributed by atoms with E-state index in [4.69, 9.17) is 41.8 Å². The van der Waals surface area contributed by atoms with Gasteiger partial charge in [0.25, 0.3) is 0 Å². The molecule has 1 unspecified atom stereocenters. The van der Waals surface area contributed by atoms with Crippen LogP contribution < -0.4 is 20.4 Å². The van der Waals surface area contributed by atoms with Crippen molar-refractivity contribution < 1.29 is 60.7 Å². The normalized spacial score (nSPS) is 12.2. The number of esters is 1. The lowest BCUT2D eigenvalue weighted by Crippen LogP contribution is -2.29. The molecule has 78 heavy (non-hydrogen) atoms. The Hall–Kier alpha value is -5.68. The van der Waals surface area contributed by atoms with E-state index in [0.29, 0.717) is 76.3 Å². The number of nitrogens with one attached hydrogen (secondary N) is 1. The van der Waals surface area contributed by atoms with Crippen molar-refractivity contribution in [2.45, 2.75) is 117 Å². The largest absolute Gasteiger partial charge is 0.494 e. The van der Waals surface area contributed by atoms with Crippen molar-refractivity contribution in [3.05, 3.63) is 74.9 Å². The fraction of sp³-hybridized carbons (Fsp3) is 0.537. The SMILES string of the molecule is CCN(CC)c1ccc2nc3c4cc(OCCCCC(=O)OC(COCCCCCCCCCCCCNc5ccc([N+](=O)[O-])c6nonc56)COP(=O)(OCCSC(C)=O)OCCSC(C)=O)ccc4c(=O)cc-3oc2c1. The maximum absolute atomic E-state index is 13.7. The molecule has 1 aliphatic carbocycles. The van der Waals surface area contributed by atoms with Crippen molar-refractivity contribution in [2.75, 3.05) is 81.0 Å². The highest BCUT2D eigenvalue weighted by molar-refractivity contribution is 8.13. The van der Waals surface area contributed by atoms with E-state index in [1.165, 1.54) is 26.0 Å². The molecular weight excluding hydrogens is 1070 g/mol. The van der Waals surface area contributed by atoms with Gasteiger partial charge in [-0.1, -0.05) is 74.9 Å². The van der Waals surface area contributed by atoms with Crippen LogP contribution in [0.2, 0.25) is 0 Å². The monoisotopic (exact) mass is 1140 g/mol. The highest BCUT2D eigenvalue weighted by atomic mass is 32.2. The molecule has 24 heteroatoms. The lowest BCUT2D eigenvalue weighted by atomic mass is 10.0. The summed E-state index contributed by atoms with van der Waals surface area (Å²) in [5.74, 6) is 0.815. The van der Waals surface area contributed by atoms with Crippen LogP contribution in [0.25, 0.3) is 44.4 Å². The number of carbonyl (C=O) groups excluding carboxylic acids is 3. The molecule has 2 aliphatic rings. The molecule has 1 N–H and O–H groups in total. The minimum absolute atomic E-state index is 0.0304. The predicted molar refractivity (Wildman–Crippen MR) is 303 cm³/mol. The number of hydrogen-bond donors (Lipinski definition) is 1. The predicted octanol–water partition coefficient (Wildman–Crippen LogP) is 11.9. The number of hydrogen-bond acceptors (Lipinski definition) is 22. The molecule has 1 aromatic heterocycles. The minimum atomic E-state index is -4.21. The average Bonchev–Trinajstić information content (AvgIpc) is 4.04. The number of aromatic nitrogens is 3. The second-order valence-corrected chi connectivity index (χ2v) is 22.6. The highest BCUT2D eigenvalue weighted by Gasteiger charge is 2.30. The summed E-state index contributed by atoms with van der Waals surface area (Å²) in [5, 5.41) is 22.8. The number of rotatable bonds is 38. The van der Waals surface area contributed by atoms with E-state index in [2.05, 4.69) is 34.4 Å². The number of benzene rings is 4. The third-order valence-corrected chi connectivity index (χ3v) is 15.5. The fourth-order valence-corrected chi connectivity index (χ4v) is 10.9. The van der Waals surface area contributed by atoms with E-state index in [9.17, 15) is 33.9 Å². The molecule has 0 amide bonds. The van der Waals surface area contributed by atoms with Gasteiger partial charge in [-0.05, 0) is 86.2 Å². The van der Waals surface area contributed by atoms with Crippen molar-refractivity contribution in [1.29, 1.82) is 0 Å². The van der Waals surface area contributed by atoms with Gasteiger partial charge in [-0.25, -0.2) is 14.2 Å². The maximum Gasteiger partial charge on any atom is 0.474 e. The van der Waals surface area contributed by atoms with Crippen molar-refractivity contribution in [3.8, 4) is 17.2 Å². The number of carbonyl (C=O) groups is 3. The molecule has 0 radical (unpaired) electrons. The third kappa shape index (κ3) is 19.6. The number of thioether (sulfide) groups is 2. The molecule has 0 saturated carbocycles. The van der Waals surface area contributed by atoms with Gasteiger partial charge in [-0.2, -0.15) is 0 Å². The van der Waals surface area contributed by atoms with E-state index in [0.717, 1.165) is 107 Å². The second kappa shape index (κ2) is 32.4. The van der Waals surface area contributed by atoms with Crippen molar-refractivity contribution in [2.24, 2.45) is 0 Å². The molecular formula is C54H71N6O15PS2. The van der Waals surface area contributed by atoms with Crippen molar-refractivity contribution in [3.63, 3.8) is 0 Å². The topological polar surface area (TPSA) is 264 Å². The number of ether oxygens (including phenoxy) is 3. The lowest BCUT2D eigenvalue weighted by Gasteiger charge is -2.22. The number of phosphoric acid groups is 1. The third-order valence-electron chi connectivity index (χ3n) is 12.5. The van der Waals surface area contributed by atoms with Crippen molar-refractivity contribution >= 4 is 97.5 Å². The second-order valence-electron chi connectivity index (χ2n) is 18.4. The summed E-state index contributed by atoms with van der Waals surface area (Å²) < 4.78 is 59.3. The summed E-state index contributed by atoms with van der Waals surface area (Å²) in [6.45, 7) is 9.46. The van der Waals surface area contributed by atoms with Gasteiger partial charge in [-0.3, -0.25) is 42.9 Å². The first-order valence-corrected chi connectivity index (χ1v) is 30.1. The number of fused-ring (bicyclic) bond motifs is 5. The standard InChI is InChI=1S/C54H71N6O15PS2/c1-5-59(6-2)40-20-23-45-49(33-40)74-50-35-48(63)43-22-21-41(34-44(43)52(50)56-45)69-28-18-15-19-51(64)73-42(37-72-76(67,70-29-31-77-38(3)61)71-30-32-78-39(4)62)36-68-27-17-14-12-10-8-7-9-11-13-16-26-55-46-24-25-47(60(65)66)54-53(46)57-75-58-54/h20-25,33-35,42,55H,5-19,26-32,36-37H2,1-4H3. The molecule has 2 heterocycles. The molecule has 424 valence electrons. The Kier molecular flexibility index (Phi) is 25.6. The first-order valence-electron chi connectivity index (χ1n) is 26.7. The van der Waals surface area contributed by atoms with Gasteiger partial charge < -0.3 is 28.8 Å². The quantitative estimate of drug-likeness (QED) is 0.00718. The summed E-state index contributed by atoms with van der Waals surface area (Å²) in [7, 11) is -4.21. The van der Waals surface area contributed by atoms with E-state index >= 15 is 0 Å². The van der Waals surface area contributed by atoms with Crippen LogP contribution >= 0.6 is 31.3 Å². The first kappa shape index (κ1) is 61.5. The first-order chi connectivity index (χ1) is 37.8. The van der Waals surface area contributed by atoms with Gasteiger partial charge >= 0.3 is 19.5 Å².